The molecular formula is C8H11ClMgS. The van der Waals surface area contributed by atoms with Crippen molar-refractivity contribution < 1.29 is 2.85 Å². The monoisotopic (exact) mass is 198 g/mol. The molecule has 0 spiro atoms. The van der Waals surface area contributed by atoms with Crippen molar-refractivity contribution in [3.05, 3.63) is 29.8 Å². The van der Waals surface area contributed by atoms with E-state index in [2.05, 4.69) is 30.5 Å². The maximum absolute atomic E-state index is 5.62. The average molecular weight is 199 g/mol. The van der Waals surface area contributed by atoms with Gasteiger partial charge in [-0.25, -0.2) is 0 Å². The van der Waals surface area contributed by atoms with E-state index in [0.29, 0.717) is 5.88 Å². The van der Waals surface area contributed by atoms with Crippen LogP contribution in [0.4, 0.5) is 0 Å². The molecule has 0 bridgehead atoms. The van der Waals surface area contributed by atoms with Gasteiger partial charge in [0.25, 0.3) is 0 Å². The molecule has 0 saturated heterocycles. The third-order valence-corrected chi connectivity index (χ3v) is 2.37. The van der Waals surface area contributed by atoms with Gasteiger partial charge in [0, 0.05) is 10.8 Å². The van der Waals surface area contributed by atoms with E-state index in [1.807, 2.05) is 0 Å². The summed E-state index contributed by atoms with van der Waals surface area (Å²) in [6.45, 7) is 0. The van der Waals surface area contributed by atoms with Gasteiger partial charge in [0.2, 0.25) is 0 Å². The van der Waals surface area contributed by atoms with Crippen LogP contribution in [0.3, 0.4) is 0 Å². The van der Waals surface area contributed by atoms with Crippen molar-refractivity contribution in [1.82, 2.24) is 0 Å². The van der Waals surface area contributed by atoms with Gasteiger partial charge >= 0.3 is 23.1 Å². The van der Waals surface area contributed by atoms with Crippen LogP contribution in [-0.2, 0) is 5.88 Å². The van der Waals surface area contributed by atoms with E-state index in [1.165, 1.54) is 10.5 Å². The fourth-order valence-corrected chi connectivity index (χ4v) is 1.30. The van der Waals surface area contributed by atoms with Gasteiger partial charge in [0.1, 0.15) is 0 Å². The van der Waals surface area contributed by atoms with Crippen LogP contribution < -0.4 is 0 Å². The normalized spacial score (nSPS) is 8.91. The molecule has 58 valence electrons. The predicted molar refractivity (Wildman–Crippen MR) is 55.8 cm³/mol. The third-order valence-electron chi connectivity index (χ3n) is 1.31. The molecule has 0 aliphatic carbocycles. The Hall–Kier alpha value is 0.626. The fourth-order valence-electron chi connectivity index (χ4n) is 0.715. The Morgan fingerprint density at radius 2 is 1.91 bits per heavy atom. The van der Waals surface area contributed by atoms with E-state index < -0.39 is 0 Å². The Morgan fingerprint density at radius 3 is 2.27 bits per heavy atom. The van der Waals surface area contributed by atoms with Crippen molar-refractivity contribution in [2.24, 2.45) is 0 Å². The van der Waals surface area contributed by atoms with Gasteiger partial charge in [0.05, 0.1) is 0 Å². The second-order valence-electron chi connectivity index (χ2n) is 1.98. The first-order valence-corrected chi connectivity index (χ1v) is 4.81. The molecule has 0 atom stereocenters. The molecule has 0 aromatic heterocycles. The Balaban J connectivity index is -0.000000333. The summed E-state index contributed by atoms with van der Waals surface area (Å²) in [6.07, 6.45) is 2.07. The molecule has 1 aromatic rings. The number of thioether (sulfide) groups is 1. The first-order chi connectivity index (χ1) is 4.86. The van der Waals surface area contributed by atoms with Crippen molar-refractivity contribution in [3.63, 3.8) is 0 Å². The van der Waals surface area contributed by atoms with Gasteiger partial charge in [-0.05, 0) is 24.0 Å². The van der Waals surface area contributed by atoms with Crippen LogP contribution in [0.1, 0.15) is 8.42 Å². The Bertz CT molecular complexity index is 183. The molecule has 0 aliphatic rings. The van der Waals surface area contributed by atoms with Gasteiger partial charge in [-0.15, -0.1) is 23.4 Å². The molecule has 1 aromatic carbocycles. The van der Waals surface area contributed by atoms with Crippen LogP contribution in [-0.4, -0.2) is 29.3 Å². The van der Waals surface area contributed by atoms with Crippen molar-refractivity contribution in [2.45, 2.75) is 10.8 Å². The number of rotatable bonds is 2. The average Bonchev–Trinajstić information content (AvgIpc) is 2.05. The summed E-state index contributed by atoms with van der Waals surface area (Å²) >= 11 is 7.36. The van der Waals surface area contributed by atoms with Crippen molar-refractivity contribution >= 4 is 46.4 Å². The predicted octanol–water partition coefficient (Wildman–Crippen LogP) is 2.99. The molecule has 11 heavy (non-hydrogen) atoms. The van der Waals surface area contributed by atoms with Crippen molar-refractivity contribution in [1.29, 1.82) is 0 Å². The molecular weight excluding hydrogens is 188 g/mol. The smallest absolute Gasteiger partial charge is 1.00 e. The number of hydrogen-bond donors (Lipinski definition) is 0. The number of hydrogen-bond acceptors (Lipinski definition) is 1. The number of halogens is 1. The van der Waals surface area contributed by atoms with Crippen LogP contribution >= 0.6 is 23.4 Å². The van der Waals surface area contributed by atoms with E-state index in [9.17, 15) is 0 Å². The second-order valence-corrected chi connectivity index (χ2v) is 3.13. The van der Waals surface area contributed by atoms with Crippen molar-refractivity contribution in [2.75, 3.05) is 6.26 Å². The summed E-state index contributed by atoms with van der Waals surface area (Å²) in [5.74, 6) is 0.606. The molecule has 0 radical (unpaired) electrons. The molecule has 0 saturated carbocycles. The molecule has 0 amide bonds. The zero-order chi connectivity index (χ0) is 7.40. The topological polar surface area (TPSA) is 0 Å². The minimum Gasteiger partial charge on any atom is -1.00 e. The molecule has 3 heteroatoms. The Kier molecular flexibility index (Phi) is 6.53. The minimum absolute atomic E-state index is 0. The SMILES string of the molecule is CSc1ccc(CCl)cc1.[H-].[H-].[Mg+2]. The molecule has 0 aliphatic heterocycles. The van der Waals surface area contributed by atoms with Crippen LogP contribution in [0.2, 0.25) is 0 Å². The van der Waals surface area contributed by atoms with E-state index in [0.717, 1.165) is 0 Å². The van der Waals surface area contributed by atoms with Gasteiger partial charge < -0.3 is 2.85 Å². The van der Waals surface area contributed by atoms with Crippen LogP contribution in [0.25, 0.3) is 0 Å². The summed E-state index contributed by atoms with van der Waals surface area (Å²) in [6, 6.07) is 8.28. The molecule has 0 nitrogen and oxygen atoms in total. The standard InChI is InChI=1S/C8H9ClS.Mg.2H/c1-10-8-4-2-7(6-9)3-5-8;;;/h2-5H,6H2,1H3;;;/q;+2;2*-1. The molecule has 0 fully saturated rings. The number of alkyl halides is 1. The van der Waals surface area contributed by atoms with Gasteiger partial charge in [-0.3, -0.25) is 0 Å². The summed E-state index contributed by atoms with van der Waals surface area (Å²) in [5, 5.41) is 0. The van der Waals surface area contributed by atoms with Crippen LogP contribution in [0, 0.1) is 0 Å². The minimum atomic E-state index is 0. The zero-order valence-corrected chi connectivity index (χ0v) is 9.50. The third kappa shape index (κ3) is 3.70. The van der Waals surface area contributed by atoms with E-state index >= 15 is 0 Å². The Morgan fingerprint density at radius 1 is 1.36 bits per heavy atom. The molecule has 0 N–H and O–H groups in total. The van der Waals surface area contributed by atoms with Gasteiger partial charge in [-0.1, -0.05) is 12.1 Å². The summed E-state index contributed by atoms with van der Waals surface area (Å²) in [4.78, 5) is 1.29. The maximum atomic E-state index is 5.62. The summed E-state index contributed by atoms with van der Waals surface area (Å²) < 4.78 is 0. The Labute approximate surface area is 95.8 Å². The quantitative estimate of drug-likeness (QED) is 0.400. The largest absolute Gasteiger partial charge is 2.00 e. The fraction of sp³-hybridized carbons (Fsp3) is 0.250. The van der Waals surface area contributed by atoms with E-state index in [-0.39, 0.29) is 25.9 Å². The zero-order valence-electron chi connectivity index (χ0n) is 8.51. The van der Waals surface area contributed by atoms with Gasteiger partial charge in [-0.2, -0.15) is 0 Å². The molecule has 0 heterocycles. The first-order valence-electron chi connectivity index (χ1n) is 3.05. The molecule has 1 rings (SSSR count). The second kappa shape index (κ2) is 6.18. The van der Waals surface area contributed by atoms with Crippen molar-refractivity contribution in [3.8, 4) is 0 Å². The van der Waals surface area contributed by atoms with Gasteiger partial charge in [0.15, 0.2) is 0 Å². The summed E-state index contributed by atoms with van der Waals surface area (Å²) in [5.41, 5.74) is 1.18. The maximum Gasteiger partial charge on any atom is 2.00 e. The van der Waals surface area contributed by atoms with Crippen LogP contribution in [0.5, 0.6) is 0 Å². The van der Waals surface area contributed by atoms with Crippen LogP contribution in [0.15, 0.2) is 29.2 Å². The first kappa shape index (κ1) is 11.6. The molecule has 0 unspecified atom stereocenters. The number of benzene rings is 1. The summed E-state index contributed by atoms with van der Waals surface area (Å²) in [7, 11) is 0. The van der Waals surface area contributed by atoms with E-state index in [4.69, 9.17) is 11.6 Å². The van der Waals surface area contributed by atoms with E-state index in [1.54, 1.807) is 11.8 Å².